The molecule has 0 N–H and O–H groups in total. The van der Waals surface area contributed by atoms with E-state index in [1.807, 2.05) is 24.3 Å². The second-order valence-corrected chi connectivity index (χ2v) is 6.01. The van der Waals surface area contributed by atoms with Crippen LogP contribution in [0.2, 0.25) is 0 Å². The molecule has 5 heteroatoms. The minimum Gasteiger partial charge on any atom is -0.421 e. The van der Waals surface area contributed by atoms with E-state index in [0.29, 0.717) is 5.56 Å². The number of hydrogen-bond acceptors (Lipinski definition) is 4. The van der Waals surface area contributed by atoms with Crippen molar-refractivity contribution in [2.75, 3.05) is 0 Å². The summed E-state index contributed by atoms with van der Waals surface area (Å²) >= 11 is 0. The Balaban J connectivity index is 2.13. The normalized spacial score (nSPS) is 10.7. The van der Waals surface area contributed by atoms with Crippen molar-refractivity contribution in [1.82, 2.24) is 0 Å². The summed E-state index contributed by atoms with van der Waals surface area (Å²) in [7, 11) is 0. The van der Waals surface area contributed by atoms with Gasteiger partial charge >= 0.3 is 5.97 Å². The van der Waals surface area contributed by atoms with E-state index in [2.05, 4.69) is 6.92 Å². The van der Waals surface area contributed by atoms with Gasteiger partial charge < -0.3 is 4.74 Å². The van der Waals surface area contributed by atoms with Gasteiger partial charge in [-0.3, -0.25) is 0 Å². The van der Waals surface area contributed by atoms with Gasteiger partial charge in [0.15, 0.2) is 0 Å². The lowest BCUT2D eigenvalue weighted by Gasteiger charge is -2.06. The van der Waals surface area contributed by atoms with Crippen molar-refractivity contribution in [1.29, 1.82) is 10.5 Å². The van der Waals surface area contributed by atoms with E-state index in [0.717, 1.165) is 31.4 Å². The quantitative estimate of drug-likeness (QED) is 0.230. The summed E-state index contributed by atoms with van der Waals surface area (Å²) in [6, 6.07) is 14.4. The molecule has 2 aromatic rings. The number of benzene rings is 2. The highest BCUT2D eigenvalue weighted by molar-refractivity contribution is 5.99. The topological polar surface area (TPSA) is 73.9 Å². The Hall–Kier alpha value is -3.44. The maximum Gasteiger partial charge on any atom is 0.354 e. The highest BCUT2D eigenvalue weighted by Crippen LogP contribution is 2.20. The van der Waals surface area contributed by atoms with Crippen molar-refractivity contribution in [2.24, 2.45) is 0 Å². The van der Waals surface area contributed by atoms with Gasteiger partial charge in [0, 0.05) is 0 Å². The second-order valence-electron chi connectivity index (χ2n) is 6.01. The van der Waals surface area contributed by atoms with Crippen LogP contribution < -0.4 is 4.74 Å². The fourth-order valence-corrected chi connectivity index (χ4v) is 2.50. The minimum atomic E-state index is -0.896. The molecule has 0 saturated carbocycles. The Morgan fingerprint density at radius 2 is 1.89 bits per heavy atom. The van der Waals surface area contributed by atoms with Gasteiger partial charge in [-0.15, -0.1) is 0 Å². The van der Waals surface area contributed by atoms with Crippen LogP contribution in [0.4, 0.5) is 4.39 Å². The summed E-state index contributed by atoms with van der Waals surface area (Å²) in [4.78, 5) is 12.2. The first-order valence-electron chi connectivity index (χ1n) is 8.70. The maximum atomic E-state index is 13.2. The molecule has 27 heavy (non-hydrogen) atoms. The Labute approximate surface area is 158 Å². The van der Waals surface area contributed by atoms with E-state index in [4.69, 9.17) is 10.00 Å². The van der Waals surface area contributed by atoms with Crippen LogP contribution in [0.3, 0.4) is 0 Å². The SMILES string of the molecule is CCCCCc1ccc(C=C(C#N)C(=O)Oc2ccc(F)cc2C#N)cc1. The molecular weight excluding hydrogens is 343 g/mol. The molecule has 0 aliphatic carbocycles. The third-order valence-electron chi connectivity index (χ3n) is 3.96. The standard InChI is InChI=1S/C22H19FN2O2/c1-2-3-4-5-16-6-8-17(9-7-16)12-19(15-25)22(26)27-21-11-10-20(23)13-18(21)14-24/h6-13H,2-5H2,1H3. The molecule has 0 saturated heterocycles. The molecule has 0 radical (unpaired) electrons. The first-order chi connectivity index (χ1) is 13.1. The molecule has 136 valence electrons. The predicted octanol–water partition coefficient (Wildman–Crippen LogP) is 4.94. The number of ether oxygens (including phenoxy) is 1. The van der Waals surface area contributed by atoms with E-state index in [1.54, 1.807) is 12.1 Å². The molecule has 0 bridgehead atoms. The Morgan fingerprint density at radius 1 is 1.15 bits per heavy atom. The number of hydrogen-bond donors (Lipinski definition) is 0. The van der Waals surface area contributed by atoms with Crippen LogP contribution >= 0.6 is 0 Å². The fraction of sp³-hybridized carbons (Fsp3) is 0.227. The number of esters is 1. The number of nitriles is 2. The van der Waals surface area contributed by atoms with E-state index in [9.17, 15) is 14.4 Å². The first kappa shape index (κ1) is 19.9. The van der Waals surface area contributed by atoms with Crippen molar-refractivity contribution in [2.45, 2.75) is 32.6 Å². The summed E-state index contributed by atoms with van der Waals surface area (Å²) < 4.78 is 18.2. The zero-order valence-electron chi connectivity index (χ0n) is 15.0. The van der Waals surface area contributed by atoms with Crippen LogP contribution in [0.5, 0.6) is 5.75 Å². The number of carbonyl (C=O) groups is 1. The van der Waals surface area contributed by atoms with Crippen LogP contribution in [-0.2, 0) is 11.2 Å². The molecule has 2 rings (SSSR count). The number of unbranched alkanes of at least 4 members (excludes halogenated alkanes) is 2. The number of rotatable bonds is 7. The summed E-state index contributed by atoms with van der Waals surface area (Å²) in [5.41, 5.74) is 1.58. The third kappa shape index (κ3) is 5.80. The number of aryl methyl sites for hydroxylation is 1. The van der Waals surface area contributed by atoms with Crippen molar-refractivity contribution in [3.8, 4) is 17.9 Å². The molecule has 0 fully saturated rings. The molecule has 0 aliphatic heterocycles. The molecule has 0 spiro atoms. The minimum absolute atomic E-state index is 0.0867. The smallest absolute Gasteiger partial charge is 0.354 e. The van der Waals surface area contributed by atoms with Gasteiger partial charge in [0.25, 0.3) is 0 Å². The number of halogens is 1. The average molecular weight is 362 g/mol. The van der Waals surface area contributed by atoms with Gasteiger partial charge in [-0.1, -0.05) is 44.0 Å². The number of nitrogens with zero attached hydrogens (tertiary/aromatic N) is 2. The lowest BCUT2D eigenvalue weighted by molar-refractivity contribution is -0.129. The maximum absolute atomic E-state index is 13.2. The Bertz CT molecular complexity index is 919. The lowest BCUT2D eigenvalue weighted by atomic mass is 10.0. The predicted molar refractivity (Wildman–Crippen MR) is 100 cm³/mol. The van der Waals surface area contributed by atoms with Crippen molar-refractivity contribution in [3.63, 3.8) is 0 Å². The zero-order valence-corrected chi connectivity index (χ0v) is 15.0. The molecular formula is C22H19FN2O2. The van der Waals surface area contributed by atoms with Crippen LogP contribution in [-0.4, -0.2) is 5.97 Å². The highest BCUT2D eigenvalue weighted by atomic mass is 19.1. The van der Waals surface area contributed by atoms with Crippen LogP contribution in [0.15, 0.2) is 48.0 Å². The zero-order chi connectivity index (χ0) is 19.6. The van der Waals surface area contributed by atoms with Gasteiger partial charge in [-0.05, 0) is 48.2 Å². The summed E-state index contributed by atoms with van der Waals surface area (Å²) in [5.74, 6) is -1.59. The summed E-state index contributed by atoms with van der Waals surface area (Å²) in [6.07, 6.45) is 5.89. The van der Waals surface area contributed by atoms with Crippen molar-refractivity contribution in [3.05, 3.63) is 70.5 Å². The van der Waals surface area contributed by atoms with E-state index < -0.39 is 11.8 Å². The van der Waals surface area contributed by atoms with Crippen molar-refractivity contribution >= 4 is 12.0 Å². The Morgan fingerprint density at radius 3 is 2.52 bits per heavy atom. The largest absolute Gasteiger partial charge is 0.421 e. The Kier molecular flexibility index (Phi) is 7.28. The third-order valence-corrected chi connectivity index (χ3v) is 3.96. The molecule has 0 amide bonds. The molecule has 0 atom stereocenters. The van der Waals surface area contributed by atoms with Crippen molar-refractivity contribution < 1.29 is 13.9 Å². The summed E-state index contributed by atoms with van der Waals surface area (Å²) in [5, 5.41) is 18.3. The molecule has 0 heterocycles. The van der Waals surface area contributed by atoms with Gasteiger partial charge in [-0.25, -0.2) is 9.18 Å². The van der Waals surface area contributed by atoms with Crippen LogP contribution in [0.25, 0.3) is 6.08 Å². The van der Waals surface area contributed by atoms with Gasteiger partial charge in [0.1, 0.15) is 29.3 Å². The molecule has 0 aliphatic rings. The average Bonchev–Trinajstić information content (AvgIpc) is 2.68. The van der Waals surface area contributed by atoms with Gasteiger partial charge in [-0.2, -0.15) is 10.5 Å². The molecule has 2 aromatic carbocycles. The molecule has 0 unspecified atom stereocenters. The lowest BCUT2D eigenvalue weighted by Crippen LogP contribution is -2.11. The highest BCUT2D eigenvalue weighted by Gasteiger charge is 2.15. The first-order valence-corrected chi connectivity index (χ1v) is 8.70. The molecule has 4 nitrogen and oxygen atoms in total. The number of carbonyl (C=O) groups excluding carboxylic acids is 1. The summed E-state index contributed by atoms with van der Waals surface area (Å²) in [6.45, 7) is 2.15. The monoisotopic (exact) mass is 362 g/mol. The second kappa shape index (κ2) is 9.89. The molecule has 0 aromatic heterocycles. The van der Waals surface area contributed by atoms with Crippen LogP contribution in [0.1, 0.15) is 42.9 Å². The fourth-order valence-electron chi connectivity index (χ4n) is 2.50. The van der Waals surface area contributed by atoms with E-state index in [-0.39, 0.29) is 16.9 Å². The van der Waals surface area contributed by atoms with Crippen LogP contribution in [0, 0.1) is 28.5 Å². The van der Waals surface area contributed by atoms with E-state index in [1.165, 1.54) is 24.1 Å². The van der Waals surface area contributed by atoms with Gasteiger partial charge in [0.05, 0.1) is 5.56 Å². The van der Waals surface area contributed by atoms with E-state index >= 15 is 0 Å². The van der Waals surface area contributed by atoms with Gasteiger partial charge in [0.2, 0.25) is 0 Å².